The lowest BCUT2D eigenvalue weighted by Gasteiger charge is -2.06. The summed E-state index contributed by atoms with van der Waals surface area (Å²) in [5, 5.41) is 13.6. The van der Waals surface area contributed by atoms with Crippen LogP contribution < -0.4 is 5.32 Å². The lowest BCUT2D eigenvalue weighted by molar-refractivity contribution is 0.102. The van der Waals surface area contributed by atoms with E-state index in [1.165, 1.54) is 24.1 Å². The molecular weight excluding hydrogens is 314 g/mol. The van der Waals surface area contributed by atoms with Gasteiger partial charge in [-0.05, 0) is 34.8 Å². The Morgan fingerprint density at radius 3 is 2.92 bits per heavy atom. The van der Waals surface area contributed by atoms with Gasteiger partial charge in [0.2, 0.25) is 0 Å². The van der Waals surface area contributed by atoms with Crippen molar-refractivity contribution in [3.05, 3.63) is 62.6 Å². The highest BCUT2D eigenvalue weighted by molar-refractivity contribution is 6.04. The lowest BCUT2D eigenvalue weighted by atomic mass is 10.1. The maximum absolute atomic E-state index is 12.3. The third-order valence-corrected chi connectivity index (χ3v) is 2.87. The van der Waals surface area contributed by atoms with E-state index >= 15 is 0 Å². The maximum Gasteiger partial charge on any atom is 0.255 e. The Morgan fingerprint density at radius 2 is 2.21 bits per heavy atom. The number of benzene rings is 1. The molecule has 0 unspecified atom stereocenters. The van der Waals surface area contributed by atoms with Crippen LogP contribution in [0.4, 0.5) is 11.4 Å². The zero-order valence-corrected chi connectivity index (χ0v) is 12.7. The Kier molecular flexibility index (Phi) is 5.76. The topological polar surface area (TPSA) is 154 Å². The third kappa shape index (κ3) is 4.49. The molecule has 11 nitrogen and oxygen atoms in total. The van der Waals surface area contributed by atoms with E-state index in [0.717, 1.165) is 0 Å². The van der Waals surface area contributed by atoms with Gasteiger partial charge < -0.3 is 10.1 Å². The predicted octanol–water partition coefficient (Wildman–Crippen LogP) is 3.49. The van der Waals surface area contributed by atoms with Gasteiger partial charge in [0, 0.05) is 28.2 Å². The minimum absolute atomic E-state index is 0.0390. The van der Waals surface area contributed by atoms with Gasteiger partial charge in [-0.1, -0.05) is 10.2 Å². The molecule has 0 atom stereocenters. The number of hydrogen-bond donors (Lipinski definition) is 1. The van der Waals surface area contributed by atoms with Gasteiger partial charge in [-0.25, -0.2) is 4.68 Å². The number of carbonyl (C=O) groups is 1. The highest BCUT2D eigenvalue weighted by Crippen LogP contribution is 2.20. The molecule has 24 heavy (non-hydrogen) atoms. The van der Waals surface area contributed by atoms with E-state index in [4.69, 9.17) is 15.8 Å². The fraction of sp³-hybridized carbons (Fsp3) is 0.231. The third-order valence-electron chi connectivity index (χ3n) is 2.87. The van der Waals surface area contributed by atoms with Crippen LogP contribution in [0.5, 0.6) is 0 Å². The number of ether oxygens (including phenoxy) is 1. The molecule has 0 bridgehead atoms. The molecule has 0 fully saturated rings. The first-order chi connectivity index (χ1) is 11.7. The van der Waals surface area contributed by atoms with Gasteiger partial charge in [-0.15, -0.1) is 0 Å². The average molecular weight is 327 g/mol. The van der Waals surface area contributed by atoms with Crippen molar-refractivity contribution in [1.29, 1.82) is 0 Å². The molecule has 11 heteroatoms. The van der Waals surface area contributed by atoms with Crippen LogP contribution in [0.2, 0.25) is 0 Å². The van der Waals surface area contributed by atoms with E-state index in [1.54, 1.807) is 18.3 Å². The molecule has 122 valence electrons. The average Bonchev–Trinajstić information content (AvgIpc) is 3.00. The number of methoxy groups -OCH3 is 1. The normalized spacial score (nSPS) is 9.71. The summed E-state index contributed by atoms with van der Waals surface area (Å²) in [7, 11) is 1.53. The van der Waals surface area contributed by atoms with Crippen molar-refractivity contribution in [3.8, 4) is 0 Å². The second-order valence-corrected chi connectivity index (χ2v) is 4.61. The Hall–Kier alpha value is -3.52. The van der Waals surface area contributed by atoms with Crippen LogP contribution in [0.1, 0.15) is 15.9 Å². The summed E-state index contributed by atoms with van der Waals surface area (Å²) in [6.07, 6.45) is 3.09. The van der Waals surface area contributed by atoms with Crippen molar-refractivity contribution in [1.82, 2.24) is 9.78 Å². The summed E-state index contributed by atoms with van der Waals surface area (Å²) in [5.41, 5.74) is 18.5. The molecule has 0 aliphatic heterocycles. The van der Waals surface area contributed by atoms with Crippen LogP contribution in [0, 0.1) is 0 Å². The van der Waals surface area contributed by atoms with Crippen molar-refractivity contribution in [2.24, 2.45) is 10.2 Å². The van der Waals surface area contributed by atoms with E-state index in [0.29, 0.717) is 11.3 Å². The van der Waals surface area contributed by atoms with Crippen LogP contribution in [-0.4, -0.2) is 22.8 Å². The number of hydrogen-bond acceptors (Lipinski definition) is 5. The second kappa shape index (κ2) is 8.20. The Bertz CT molecular complexity index is 832. The van der Waals surface area contributed by atoms with Crippen molar-refractivity contribution in [2.45, 2.75) is 13.3 Å². The first kappa shape index (κ1) is 16.8. The monoisotopic (exact) mass is 327 g/mol. The van der Waals surface area contributed by atoms with E-state index in [1.807, 2.05) is 0 Å². The minimum Gasteiger partial charge on any atom is -0.362 e. The second-order valence-electron chi connectivity index (χ2n) is 4.61. The quantitative estimate of drug-likeness (QED) is 0.470. The molecule has 1 heterocycles. The summed E-state index contributed by atoms with van der Waals surface area (Å²) in [4.78, 5) is 17.7. The zero-order chi connectivity index (χ0) is 17.4. The summed E-state index contributed by atoms with van der Waals surface area (Å²) >= 11 is 0. The number of carbonyl (C=O) groups excluding carboxylic acids is 1. The van der Waals surface area contributed by atoms with Crippen LogP contribution in [-0.2, 0) is 18.0 Å². The SMILES string of the molecule is COCn1cc(NC(=O)c2cc(CN=[N+]=[N-])cc(N=[N+]=[N-])c2)cn1. The van der Waals surface area contributed by atoms with Crippen LogP contribution in [0.3, 0.4) is 0 Å². The number of amides is 1. The van der Waals surface area contributed by atoms with Gasteiger partial charge in [0.15, 0.2) is 0 Å². The molecule has 0 radical (unpaired) electrons. The standard InChI is InChI=1S/C13H13N9O2/c1-24-8-22-7-12(6-17-22)18-13(23)10-2-9(5-16-20-14)3-11(4-10)19-21-15/h2-4,6-7H,5,8H2,1H3,(H,18,23). The van der Waals surface area contributed by atoms with E-state index in [9.17, 15) is 4.79 Å². The summed E-state index contributed by atoms with van der Waals surface area (Å²) in [6.45, 7) is 0.301. The maximum atomic E-state index is 12.3. The fourth-order valence-electron chi connectivity index (χ4n) is 1.95. The molecule has 0 aliphatic carbocycles. The van der Waals surface area contributed by atoms with Crippen LogP contribution in [0.25, 0.3) is 20.9 Å². The number of nitrogens with zero attached hydrogens (tertiary/aromatic N) is 8. The first-order valence-electron chi connectivity index (χ1n) is 6.69. The molecular formula is C13H13N9O2. The molecule has 0 saturated heterocycles. The highest BCUT2D eigenvalue weighted by atomic mass is 16.5. The van der Waals surface area contributed by atoms with Crippen molar-refractivity contribution < 1.29 is 9.53 Å². The van der Waals surface area contributed by atoms with Crippen LogP contribution in [0.15, 0.2) is 40.8 Å². The smallest absolute Gasteiger partial charge is 0.255 e. The first-order valence-corrected chi connectivity index (χ1v) is 6.69. The van der Waals surface area contributed by atoms with E-state index < -0.39 is 5.91 Å². The number of nitrogens with one attached hydrogen (secondary N) is 1. The summed E-state index contributed by atoms with van der Waals surface area (Å²) < 4.78 is 6.44. The Morgan fingerprint density at radius 1 is 1.38 bits per heavy atom. The largest absolute Gasteiger partial charge is 0.362 e. The van der Waals surface area contributed by atoms with Gasteiger partial charge in [-0.3, -0.25) is 4.79 Å². The fourth-order valence-corrected chi connectivity index (χ4v) is 1.95. The van der Waals surface area contributed by atoms with Crippen LogP contribution >= 0.6 is 0 Å². The highest BCUT2D eigenvalue weighted by Gasteiger charge is 2.10. The molecule has 1 aromatic heterocycles. The molecule has 2 rings (SSSR count). The molecule has 2 aromatic rings. The predicted molar refractivity (Wildman–Crippen MR) is 85.3 cm³/mol. The van der Waals surface area contributed by atoms with Gasteiger partial charge in [-0.2, -0.15) is 5.10 Å². The van der Waals surface area contributed by atoms with Gasteiger partial charge in [0.1, 0.15) is 6.73 Å². The van der Waals surface area contributed by atoms with Gasteiger partial charge >= 0.3 is 0 Å². The number of rotatable bonds is 7. The summed E-state index contributed by atoms with van der Waals surface area (Å²) in [5.74, 6) is -0.413. The number of anilines is 1. The molecule has 0 spiro atoms. The Balaban J connectivity index is 2.24. The Labute approximate surface area is 136 Å². The number of azide groups is 2. The van der Waals surface area contributed by atoms with E-state index in [-0.39, 0.29) is 24.5 Å². The zero-order valence-electron chi connectivity index (χ0n) is 12.7. The number of aromatic nitrogens is 2. The van der Waals surface area contributed by atoms with E-state index in [2.05, 4.69) is 30.5 Å². The molecule has 1 aromatic carbocycles. The molecule has 1 amide bonds. The van der Waals surface area contributed by atoms with Gasteiger partial charge in [0.05, 0.1) is 24.6 Å². The summed E-state index contributed by atoms with van der Waals surface area (Å²) in [6, 6.07) is 4.54. The molecule has 0 saturated carbocycles. The van der Waals surface area contributed by atoms with Crippen molar-refractivity contribution in [2.75, 3.05) is 12.4 Å². The molecule has 1 N–H and O–H groups in total. The van der Waals surface area contributed by atoms with Crippen molar-refractivity contribution >= 4 is 17.3 Å². The van der Waals surface area contributed by atoms with Gasteiger partial charge in [0.25, 0.3) is 5.91 Å². The lowest BCUT2D eigenvalue weighted by Crippen LogP contribution is -2.11. The van der Waals surface area contributed by atoms with Crippen molar-refractivity contribution in [3.63, 3.8) is 0 Å². The minimum atomic E-state index is -0.413. The molecule has 0 aliphatic rings.